The normalized spacial score (nSPS) is 19.0. The highest BCUT2D eigenvalue weighted by Crippen LogP contribution is 2.29. The van der Waals surface area contributed by atoms with Crippen molar-refractivity contribution < 1.29 is 4.79 Å². The molecule has 5 heteroatoms. The number of ketones is 1. The molecule has 2 aromatic rings. The second-order valence-corrected chi connectivity index (χ2v) is 7.26. The summed E-state index contributed by atoms with van der Waals surface area (Å²) in [5, 5.41) is 4.29. The molecule has 122 valence electrons. The van der Waals surface area contributed by atoms with Crippen molar-refractivity contribution in [3.05, 3.63) is 53.3 Å². The van der Waals surface area contributed by atoms with Gasteiger partial charge < -0.3 is 0 Å². The highest BCUT2D eigenvalue weighted by atomic mass is 32.2. The van der Waals surface area contributed by atoms with E-state index < -0.39 is 0 Å². The van der Waals surface area contributed by atoms with Crippen molar-refractivity contribution in [2.45, 2.75) is 19.4 Å². The molecule has 1 aliphatic heterocycles. The topological polar surface area (TPSA) is 38.1 Å². The molecule has 1 fully saturated rings. The number of thioether (sulfide) groups is 1. The molecule has 23 heavy (non-hydrogen) atoms. The van der Waals surface area contributed by atoms with Crippen LogP contribution in [0.15, 0.2) is 36.7 Å². The minimum Gasteiger partial charge on any atom is -0.294 e. The number of nitrogens with zero attached hydrogens (tertiary/aromatic N) is 3. The maximum absolute atomic E-state index is 12.4. The Bertz CT molecular complexity index is 665. The Morgan fingerprint density at radius 1 is 1.35 bits per heavy atom. The fourth-order valence-corrected chi connectivity index (χ4v) is 4.11. The van der Waals surface area contributed by atoms with Crippen LogP contribution in [0.3, 0.4) is 0 Å². The molecule has 3 rings (SSSR count). The Hall–Kier alpha value is -1.59. The summed E-state index contributed by atoms with van der Waals surface area (Å²) < 4.78 is 1.85. The van der Waals surface area contributed by atoms with E-state index in [-0.39, 0.29) is 5.78 Å². The third-order valence-corrected chi connectivity index (χ3v) is 5.37. The lowest BCUT2D eigenvalue weighted by atomic mass is 10.1. The predicted octanol–water partition coefficient (Wildman–Crippen LogP) is 3.09. The van der Waals surface area contributed by atoms with E-state index in [9.17, 15) is 4.79 Å². The molecule has 0 radical (unpaired) electrons. The van der Waals surface area contributed by atoms with Crippen LogP contribution in [-0.2, 0) is 7.05 Å². The SMILES string of the molecule is Cc1ccc(C(=O)CCN2CCSCC2c2cnn(C)c2)cc1. The number of aryl methyl sites for hydroxylation is 2. The molecule has 0 spiro atoms. The predicted molar refractivity (Wildman–Crippen MR) is 95.0 cm³/mol. The Morgan fingerprint density at radius 3 is 2.83 bits per heavy atom. The Morgan fingerprint density at radius 2 is 2.13 bits per heavy atom. The smallest absolute Gasteiger partial charge is 0.164 e. The van der Waals surface area contributed by atoms with E-state index in [1.807, 2.05) is 60.9 Å². The van der Waals surface area contributed by atoms with Gasteiger partial charge in [0.1, 0.15) is 0 Å². The van der Waals surface area contributed by atoms with Crippen LogP contribution in [0.5, 0.6) is 0 Å². The van der Waals surface area contributed by atoms with Crippen LogP contribution in [0.1, 0.15) is 33.9 Å². The Labute approximate surface area is 141 Å². The minimum atomic E-state index is 0.230. The van der Waals surface area contributed by atoms with Crippen LogP contribution in [0.2, 0.25) is 0 Å². The van der Waals surface area contributed by atoms with E-state index in [1.54, 1.807) is 0 Å². The summed E-state index contributed by atoms with van der Waals surface area (Å²) in [4.78, 5) is 14.8. The summed E-state index contributed by atoms with van der Waals surface area (Å²) in [6, 6.07) is 8.24. The summed E-state index contributed by atoms with van der Waals surface area (Å²) in [6.07, 6.45) is 4.61. The number of aromatic nitrogens is 2. The lowest BCUT2D eigenvalue weighted by Crippen LogP contribution is -2.37. The van der Waals surface area contributed by atoms with Crippen LogP contribution in [-0.4, -0.2) is 45.1 Å². The third-order valence-electron chi connectivity index (χ3n) is 4.35. The first-order valence-electron chi connectivity index (χ1n) is 8.03. The second-order valence-electron chi connectivity index (χ2n) is 6.11. The number of carbonyl (C=O) groups is 1. The molecule has 0 aliphatic carbocycles. The largest absolute Gasteiger partial charge is 0.294 e. The lowest BCUT2D eigenvalue weighted by molar-refractivity contribution is 0.0954. The van der Waals surface area contributed by atoms with Crippen LogP contribution < -0.4 is 0 Å². The van der Waals surface area contributed by atoms with Gasteiger partial charge in [0.05, 0.1) is 6.20 Å². The highest BCUT2D eigenvalue weighted by molar-refractivity contribution is 7.99. The van der Waals surface area contributed by atoms with Gasteiger partial charge in [-0.25, -0.2) is 0 Å². The molecule has 1 aliphatic rings. The molecule has 0 saturated carbocycles. The van der Waals surface area contributed by atoms with Crippen molar-refractivity contribution in [1.82, 2.24) is 14.7 Å². The maximum atomic E-state index is 12.4. The van der Waals surface area contributed by atoms with Crippen LogP contribution in [0.25, 0.3) is 0 Å². The van der Waals surface area contributed by atoms with Gasteiger partial charge in [0, 0.05) is 61.4 Å². The zero-order valence-electron chi connectivity index (χ0n) is 13.7. The summed E-state index contributed by atoms with van der Waals surface area (Å²) in [6.45, 7) is 3.89. The maximum Gasteiger partial charge on any atom is 0.164 e. The number of Topliss-reactive ketones (excluding diaryl/α,β-unsaturated/α-hetero) is 1. The van der Waals surface area contributed by atoms with Gasteiger partial charge in [-0.1, -0.05) is 29.8 Å². The van der Waals surface area contributed by atoms with Gasteiger partial charge in [-0.05, 0) is 6.92 Å². The average molecular weight is 329 g/mol. The zero-order valence-corrected chi connectivity index (χ0v) is 14.6. The standard InChI is InChI=1S/C18H23N3OS/c1-14-3-5-15(6-4-14)18(22)7-8-21-9-10-23-13-17(21)16-11-19-20(2)12-16/h3-6,11-12,17H,7-10,13H2,1-2H3. The van der Waals surface area contributed by atoms with Crippen LogP contribution in [0.4, 0.5) is 0 Å². The van der Waals surface area contributed by atoms with Crippen LogP contribution >= 0.6 is 11.8 Å². The monoisotopic (exact) mass is 329 g/mol. The van der Waals surface area contributed by atoms with Gasteiger partial charge in [0.15, 0.2) is 5.78 Å². The van der Waals surface area contributed by atoms with E-state index in [0.717, 1.165) is 30.2 Å². The van der Waals surface area contributed by atoms with E-state index in [4.69, 9.17) is 0 Å². The summed E-state index contributed by atoms with van der Waals surface area (Å²) in [5.74, 6) is 2.44. The van der Waals surface area contributed by atoms with Gasteiger partial charge in [-0.3, -0.25) is 14.4 Å². The van der Waals surface area contributed by atoms with Gasteiger partial charge in [-0.15, -0.1) is 0 Å². The number of hydrogen-bond donors (Lipinski definition) is 0. The number of carbonyl (C=O) groups excluding carboxylic acids is 1. The molecule has 0 bridgehead atoms. The van der Waals surface area contributed by atoms with E-state index in [0.29, 0.717) is 12.5 Å². The van der Waals surface area contributed by atoms with Crippen LogP contribution in [0, 0.1) is 6.92 Å². The van der Waals surface area contributed by atoms with Gasteiger partial charge in [-0.2, -0.15) is 16.9 Å². The number of benzene rings is 1. The number of hydrogen-bond acceptors (Lipinski definition) is 4. The molecular formula is C18H23N3OS. The van der Waals surface area contributed by atoms with Crippen molar-refractivity contribution in [3.63, 3.8) is 0 Å². The molecule has 1 atom stereocenters. The summed E-state index contributed by atoms with van der Waals surface area (Å²) >= 11 is 1.98. The molecule has 1 aromatic carbocycles. The second kappa shape index (κ2) is 7.32. The Kier molecular flexibility index (Phi) is 5.18. The van der Waals surface area contributed by atoms with Gasteiger partial charge in [0.2, 0.25) is 0 Å². The van der Waals surface area contributed by atoms with E-state index in [1.165, 1.54) is 11.1 Å². The molecule has 4 nitrogen and oxygen atoms in total. The van der Waals surface area contributed by atoms with Gasteiger partial charge in [0.25, 0.3) is 0 Å². The molecule has 1 aromatic heterocycles. The molecule has 0 amide bonds. The van der Waals surface area contributed by atoms with Crippen molar-refractivity contribution in [1.29, 1.82) is 0 Å². The van der Waals surface area contributed by atoms with Crippen molar-refractivity contribution in [2.75, 3.05) is 24.6 Å². The molecule has 1 unspecified atom stereocenters. The molecule has 2 heterocycles. The van der Waals surface area contributed by atoms with Crippen molar-refractivity contribution in [2.24, 2.45) is 7.05 Å². The first-order valence-corrected chi connectivity index (χ1v) is 9.19. The summed E-state index contributed by atoms with van der Waals surface area (Å²) in [7, 11) is 1.95. The fraction of sp³-hybridized carbons (Fsp3) is 0.444. The Balaban J connectivity index is 1.63. The quantitative estimate of drug-likeness (QED) is 0.790. The zero-order chi connectivity index (χ0) is 16.2. The molecular weight excluding hydrogens is 306 g/mol. The summed E-state index contributed by atoms with van der Waals surface area (Å²) in [5.41, 5.74) is 3.26. The average Bonchev–Trinajstić information content (AvgIpc) is 3.00. The van der Waals surface area contributed by atoms with E-state index in [2.05, 4.69) is 16.2 Å². The minimum absolute atomic E-state index is 0.230. The van der Waals surface area contributed by atoms with Crippen molar-refractivity contribution >= 4 is 17.5 Å². The number of rotatable bonds is 5. The van der Waals surface area contributed by atoms with Crippen molar-refractivity contribution in [3.8, 4) is 0 Å². The molecule has 0 N–H and O–H groups in total. The first kappa shape index (κ1) is 16.3. The lowest BCUT2D eigenvalue weighted by Gasteiger charge is -2.34. The fourth-order valence-electron chi connectivity index (χ4n) is 2.95. The van der Waals surface area contributed by atoms with E-state index >= 15 is 0 Å². The first-order chi connectivity index (χ1) is 11.1. The molecule has 1 saturated heterocycles. The third kappa shape index (κ3) is 4.03. The highest BCUT2D eigenvalue weighted by Gasteiger charge is 2.25. The van der Waals surface area contributed by atoms with Gasteiger partial charge >= 0.3 is 0 Å².